The quantitative estimate of drug-likeness (QED) is 0.411. The van der Waals surface area contributed by atoms with Gasteiger partial charge in [0.15, 0.2) is 5.13 Å². The van der Waals surface area contributed by atoms with Crippen LogP contribution in [0.2, 0.25) is 0 Å². The van der Waals surface area contributed by atoms with E-state index in [1.165, 1.54) is 35.2 Å². The Labute approximate surface area is 174 Å². The number of nitrogens with one attached hydrogen (secondary N) is 2. The molecule has 0 spiro atoms. The first kappa shape index (κ1) is 20.5. The monoisotopic (exact) mass is 428 g/mol. The van der Waals surface area contributed by atoms with E-state index < -0.39 is 4.92 Å². The molecule has 0 aliphatic rings. The lowest BCUT2D eigenvalue weighted by molar-refractivity contribution is -0.384. The van der Waals surface area contributed by atoms with Crippen LogP contribution in [0.4, 0.5) is 16.5 Å². The number of amides is 2. The molecule has 2 amide bonds. The molecule has 0 saturated carbocycles. The first-order chi connectivity index (χ1) is 14.0. The standard InChI is InChI=1S/C19H16N4O4S2/c24-17(12-28-11-13-5-7-14(8-6-13)23(26)27)21-16-4-2-1-3-15(16)18(25)22-19-20-9-10-29-19/h1-10H,11-12H2,(H,21,24)(H,20,22,25). The van der Waals surface area contributed by atoms with E-state index in [9.17, 15) is 19.7 Å². The average molecular weight is 428 g/mol. The zero-order chi connectivity index (χ0) is 20.6. The van der Waals surface area contributed by atoms with E-state index in [4.69, 9.17) is 0 Å². The van der Waals surface area contributed by atoms with Crippen LogP contribution in [0.1, 0.15) is 15.9 Å². The molecule has 148 valence electrons. The number of hydrogen-bond acceptors (Lipinski definition) is 7. The summed E-state index contributed by atoms with van der Waals surface area (Å²) < 4.78 is 0. The number of non-ortho nitro benzene ring substituents is 1. The Kier molecular flexibility index (Phi) is 6.93. The molecule has 0 bridgehead atoms. The minimum absolute atomic E-state index is 0.0316. The van der Waals surface area contributed by atoms with Gasteiger partial charge in [-0.3, -0.25) is 25.0 Å². The number of thioether (sulfide) groups is 1. The van der Waals surface area contributed by atoms with Crippen molar-refractivity contribution in [2.24, 2.45) is 0 Å². The van der Waals surface area contributed by atoms with Crippen LogP contribution in [0.15, 0.2) is 60.1 Å². The van der Waals surface area contributed by atoms with Crippen LogP contribution in [0.5, 0.6) is 0 Å². The summed E-state index contributed by atoms with van der Waals surface area (Å²) in [6, 6.07) is 13.0. The highest BCUT2D eigenvalue weighted by molar-refractivity contribution is 7.99. The lowest BCUT2D eigenvalue weighted by Gasteiger charge is -2.10. The number of para-hydroxylation sites is 1. The van der Waals surface area contributed by atoms with Crippen molar-refractivity contribution in [2.45, 2.75) is 5.75 Å². The SMILES string of the molecule is O=C(CSCc1ccc([N+](=O)[O-])cc1)Nc1ccccc1C(=O)Nc1nccs1. The zero-order valence-corrected chi connectivity index (χ0v) is 16.7. The normalized spacial score (nSPS) is 10.3. The Morgan fingerprint density at radius 2 is 1.86 bits per heavy atom. The van der Waals surface area contributed by atoms with Crippen LogP contribution in [-0.4, -0.2) is 27.5 Å². The number of carbonyl (C=O) groups excluding carboxylic acids is 2. The maximum absolute atomic E-state index is 12.4. The first-order valence-electron chi connectivity index (χ1n) is 8.44. The summed E-state index contributed by atoms with van der Waals surface area (Å²) >= 11 is 2.68. The Morgan fingerprint density at radius 1 is 1.10 bits per heavy atom. The average Bonchev–Trinajstić information content (AvgIpc) is 3.21. The highest BCUT2D eigenvalue weighted by atomic mass is 32.2. The molecular formula is C19H16N4O4S2. The van der Waals surface area contributed by atoms with Crippen LogP contribution in [0.25, 0.3) is 0 Å². The third-order valence-corrected chi connectivity index (χ3v) is 5.44. The number of nitro groups is 1. The molecule has 2 N–H and O–H groups in total. The maximum atomic E-state index is 12.4. The number of thiazole rings is 1. The lowest BCUT2D eigenvalue weighted by Crippen LogP contribution is -2.19. The fourth-order valence-electron chi connectivity index (χ4n) is 2.40. The molecule has 0 aliphatic heterocycles. The van der Waals surface area contributed by atoms with E-state index in [2.05, 4.69) is 15.6 Å². The summed E-state index contributed by atoms with van der Waals surface area (Å²) in [5, 5.41) is 18.4. The van der Waals surface area contributed by atoms with Gasteiger partial charge in [-0.1, -0.05) is 24.3 Å². The van der Waals surface area contributed by atoms with Gasteiger partial charge < -0.3 is 5.32 Å². The van der Waals surface area contributed by atoms with Gasteiger partial charge in [0.1, 0.15) is 0 Å². The van der Waals surface area contributed by atoms with E-state index in [0.29, 0.717) is 22.1 Å². The largest absolute Gasteiger partial charge is 0.325 e. The van der Waals surface area contributed by atoms with Gasteiger partial charge in [-0.15, -0.1) is 23.1 Å². The third kappa shape index (κ3) is 5.87. The number of nitrogens with zero attached hydrogens (tertiary/aromatic N) is 2. The summed E-state index contributed by atoms with van der Waals surface area (Å²) in [4.78, 5) is 38.9. The maximum Gasteiger partial charge on any atom is 0.269 e. The summed E-state index contributed by atoms with van der Waals surface area (Å²) in [6.07, 6.45) is 1.59. The number of hydrogen-bond donors (Lipinski definition) is 2. The number of rotatable bonds is 8. The number of nitro benzene ring substituents is 1. The predicted octanol–water partition coefficient (Wildman–Crippen LogP) is 4.18. The van der Waals surface area contributed by atoms with Crippen LogP contribution in [-0.2, 0) is 10.5 Å². The number of carbonyl (C=O) groups is 2. The van der Waals surface area contributed by atoms with Crippen LogP contribution in [0.3, 0.4) is 0 Å². The predicted molar refractivity (Wildman–Crippen MR) is 114 cm³/mol. The van der Waals surface area contributed by atoms with Crippen molar-refractivity contribution >= 4 is 51.4 Å². The molecule has 3 aromatic rings. The second-order valence-corrected chi connectivity index (χ2v) is 7.68. The van der Waals surface area contributed by atoms with Crippen molar-refractivity contribution in [3.8, 4) is 0 Å². The van der Waals surface area contributed by atoms with E-state index in [1.54, 1.807) is 48.0 Å². The van der Waals surface area contributed by atoms with Crippen LogP contribution < -0.4 is 10.6 Å². The van der Waals surface area contributed by atoms with E-state index in [1.807, 2.05) is 0 Å². The fourth-order valence-corrected chi connectivity index (χ4v) is 3.71. The topological polar surface area (TPSA) is 114 Å². The molecule has 8 nitrogen and oxygen atoms in total. The summed E-state index contributed by atoms with van der Waals surface area (Å²) in [5.41, 5.74) is 1.68. The fraction of sp³-hybridized carbons (Fsp3) is 0.105. The van der Waals surface area contributed by atoms with Gasteiger partial charge in [-0.2, -0.15) is 0 Å². The molecule has 1 aromatic heterocycles. The van der Waals surface area contributed by atoms with Gasteiger partial charge in [0, 0.05) is 29.5 Å². The first-order valence-corrected chi connectivity index (χ1v) is 10.5. The van der Waals surface area contributed by atoms with Crippen LogP contribution in [0, 0.1) is 10.1 Å². The van der Waals surface area contributed by atoms with E-state index in [0.717, 1.165) is 5.56 Å². The molecule has 10 heteroatoms. The molecule has 1 heterocycles. The third-order valence-electron chi connectivity index (χ3n) is 3.75. The summed E-state index contributed by atoms with van der Waals surface area (Å²) in [7, 11) is 0. The molecule has 0 aliphatic carbocycles. The van der Waals surface area contributed by atoms with E-state index in [-0.39, 0.29) is 23.3 Å². The molecule has 2 aromatic carbocycles. The second-order valence-electron chi connectivity index (χ2n) is 5.80. The van der Waals surface area contributed by atoms with Gasteiger partial charge in [0.25, 0.3) is 11.6 Å². The Morgan fingerprint density at radius 3 is 2.55 bits per heavy atom. The van der Waals surface area contributed by atoms with Crippen molar-refractivity contribution in [3.05, 3.63) is 81.3 Å². The lowest BCUT2D eigenvalue weighted by atomic mass is 10.1. The van der Waals surface area contributed by atoms with Crippen molar-refractivity contribution < 1.29 is 14.5 Å². The highest BCUT2D eigenvalue weighted by Gasteiger charge is 2.14. The zero-order valence-electron chi connectivity index (χ0n) is 15.0. The molecule has 3 rings (SSSR count). The number of aromatic nitrogens is 1. The van der Waals surface area contributed by atoms with E-state index >= 15 is 0 Å². The second kappa shape index (κ2) is 9.80. The molecule has 0 radical (unpaired) electrons. The van der Waals surface area contributed by atoms with Crippen molar-refractivity contribution in [3.63, 3.8) is 0 Å². The summed E-state index contributed by atoms with van der Waals surface area (Å²) in [5.74, 6) is 0.123. The van der Waals surface area contributed by atoms with Gasteiger partial charge in [0.2, 0.25) is 5.91 Å². The van der Waals surface area contributed by atoms with Crippen molar-refractivity contribution in [2.75, 3.05) is 16.4 Å². The van der Waals surface area contributed by atoms with Crippen LogP contribution >= 0.6 is 23.1 Å². The Balaban J connectivity index is 1.54. The van der Waals surface area contributed by atoms with Gasteiger partial charge in [-0.25, -0.2) is 4.98 Å². The minimum atomic E-state index is -0.452. The molecular weight excluding hydrogens is 412 g/mol. The van der Waals surface area contributed by atoms with Gasteiger partial charge in [-0.05, 0) is 17.7 Å². The Bertz CT molecular complexity index is 1010. The van der Waals surface area contributed by atoms with Gasteiger partial charge >= 0.3 is 0 Å². The summed E-state index contributed by atoms with van der Waals surface area (Å²) in [6.45, 7) is 0. The molecule has 0 saturated heterocycles. The number of anilines is 2. The van der Waals surface area contributed by atoms with Gasteiger partial charge in [0.05, 0.1) is 21.9 Å². The molecule has 0 atom stereocenters. The van der Waals surface area contributed by atoms with Crippen molar-refractivity contribution in [1.82, 2.24) is 4.98 Å². The molecule has 29 heavy (non-hydrogen) atoms. The Hall–Kier alpha value is -3.24. The smallest absolute Gasteiger partial charge is 0.269 e. The molecule has 0 fully saturated rings. The molecule has 0 unspecified atom stereocenters. The highest BCUT2D eigenvalue weighted by Crippen LogP contribution is 2.20. The minimum Gasteiger partial charge on any atom is -0.325 e. The number of benzene rings is 2. The van der Waals surface area contributed by atoms with Crippen molar-refractivity contribution in [1.29, 1.82) is 0 Å².